The van der Waals surface area contributed by atoms with Crippen molar-refractivity contribution in [2.75, 3.05) is 0 Å². The normalized spacial score (nSPS) is 10.2. The summed E-state index contributed by atoms with van der Waals surface area (Å²) in [5, 5.41) is 9.14. The number of benzene rings is 1. The number of rotatable bonds is 0. The quantitative estimate of drug-likeness (QED) is 0.493. The predicted octanol–water partition coefficient (Wildman–Crippen LogP) is 3.13. The molecule has 0 aliphatic carbocycles. The maximum absolute atomic E-state index is 4.32. The molecule has 3 aromatic heterocycles. The van der Waals surface area contributed by atoms with Crippen molar-refractivity contribution in [3.63, 3.8) is 0 Å². The first kappa shape index (κ1) is 10.5. The van der Waals surface area contributed by atoms with E-state index < -0.39 is 0 Å². The summed E-state index contributed by atoms with van der Waals surface area (Å²) in [6.45, 7) is 0. The minimum atomic E-state index is 1.01. The molecular formula is C14H12N4. The topological polar surface area (TPSA) is 57.4 Å². The van der Waals surface area contributed by atoms with Gasteiger partial charge in [0.2, 0.25) is 0 Å². The lowest BCUT2D eigenvalue weighted by Gasteiger charge is -1.95. The summed E-state index contributed by atoms with van der Waals surface area (Å²) in [6, 6.07) is 11.9. The second kappa shape index (κ2) is 4.71. The minimum absolute atomic E-state index is 1.01. The molecule has 0 radical (unpaired) electrons. The fourth-order valence-corrected chi connectivity index (χ4v) is 1.84. The highest BCUT2D eigenvalue weighted by atomic mass is 15.1. The molecule has 0 saturated carbocycles. The summed E-state index contributed by atoms with van der Waals surface area (Å²) in [6.07, 6.45) is 7.36. The third-order valence-electron chi connectivity index (χ3n) is 2.69. The first-order chi connectivity index (χ1) is 8.95. The Morgan fingerprint density at radius 3 is 2.61 bits per heavy atom. The Labute approximate surface area is 104 Å². The maximum Gasteiger partial charge on any atom is 0.0811 e. The Morgan fingerprint density at radius 1 is 0.944 bits per heavy atom. The van der Waals surface area contributed by atoms with E-state index >= 15 is 0 Å². The lowest BCUT2D eigenvalue weighted by atomic mass is 10.1. The van der Waals surface area contributed by atoms with Crippen molar-refractivity contribution >= 4 is 21.8 Å². The first-order valence-electron chi connectivity index (χ1n) is 5.70. The van der Waals surface area contributed by atoms with Crippen molar-refractivity contribution in [3.05, 3.63) is 61.2 Å². The van der Waals surface area contributed by atoms with E-state index in [1.54, 1.807) is 6.20 Å². The van der Waals surface area contributed by atoms with Gasteiger partial charge in [-0.25, -0.2) is 0 Å². The Kier molecular flexibility index (Phi) is 2.75. The third-order valence-corrected chi connectivity index (χ3v) is 2.69. The molecule has 0 saturated heterocycles. The fraction of sp³-hybridized carbons (Fsp3) is 0. The van der Waals surface area contributed by atoms with E-state index in [1.807, 2.05) is 48.9 Å². The second-order valence-electron chi connectivity index (χ2n) is 3.86. The lowest BCUT2D eigenvalue weighted by Crippen LogP contribution is -1.77. The molecule has 0 bridgehead atoms. The highest BCUT2D eigenvalue weighted by Gasteiger charge is 2.00. The Morgan fingerprint density at radius 2 is 1.83 bits per heavy atom. The van der Waals surface area contributed by atoms with Crippen LogP contribution in [0.4, 0.5) is 0 Å². The highest BCUT2D eigenvalue weighted by Crippen LogP contribution is 2.20. The molecule has 4 rings (SSSR count). The van der Waals surface area contributed by atoms with Crippen molar-refractivity contribution < 1.29 is 0 Å². The molecule has 18 heavy (non-hydrogen) atoms. The number of aromatic nitrogens is 4. The van der Waals surface area contributed by atoms with Gasteiger partial charge in [0.05, 0.1) is 17.2 Å². The minimum Gasteiger partial charge on any atom is -0.368 e. The van der Waals surface area contributed by atoms with Crippen LogP contribution in [0, 0.1) is 0 Å². The zero-order chi connectivity index (χ0) is 12.2. The monoisotopic (exact) mass is 236 g/mol. The molecule has 0 fully saturated rings. The number of fused-ring (bicyclic) bond motifs is 3. The summed E-state index contributed by atoms with van der Waals surface area (Å²) in [7, 11) is 0. The largest absolute Gasteiger partial charge is 0.368 e. The van der Waals surface area contributed by atoms with Gasteiger partial charge in [-0.3, -0.25) is 10.1 Å². The van der Waals surface area contributed by atoms with Crippen molar-refractivity contribution in [1.29, 1.82) is 0 Å². The van der Waals surface area contributed by atoms with E-state index in [2.05, 4.69) is 26.2 Å². The number of nitrogens with zero attached hydrogens (tertiary/aromatic N) is 2. The van der Waals surface area contributed by atoms with Crippen LogP contribution in [-0.4, -0.2) is 20.2 Å². The lowest BCUT2D eigenvalue weighted by molar-refractivity contribution is 1.12. The van der Waals surface area contributed by atoms with Gasteiger partial charge in [0, 0.05) is 29.4 Å². The fourth-order valence-electron chi connectivity index (χ4n) is 1.84. The first-order valence-corrected chi connectivity index (χ1v) is 5.70. The SMILES string of the molecule is c1cc[nH]c1.c1cnc2c(c1)ccc1[nH]ncc12. The number of H-pyrrole nitrogens is 2. The van der Waals surface area contributed by atoms with Crippen LogP contribution in [0.1, 0.15) is 0 Å². The maximum atomic E-state index is 4.32. The summed E-state index contributed by atoms with van der Waals surface area (Å²) >= 11 is 0. The number of hydrogen-bond acceptors (Lipinski definition) is 2. The molecule has 0 unspecified atom stereocenters. The average molecular weight is 236 g/mol. The zero-order valence-corrected chi connectivity index (χ0v) is 9.67. The van der Waals surface area contributed by atoms with Gasteiger partial charge in [-0.15, -0.1) is 0 Å². The molecule has 88 valence electrons. The van der Waals surface area contributed by atoms with E-state index in [1.165, 1.54) is 0 Å². The molecule has 0 amide bonds. The molecule has 4 nitrogen and oxygen atoms in total. The van der Waals surface area contributed by atoms with Crippen LogP contribution in [0.5, 0.6) is 0 Å². The van der Waals surface area contributed by atoms with Crippen molar-refractivity contribution in [1.82, 2.24) is 20.2 Å². The van der Waals surface area contributed by atoms with E-state index in [4.69, 9.17) is 0 Å². The van der Waals surface area contributed by atoms with Crippen LogP contribution in [0.2, 0.25) is 0 Å². The molecule has 4 heteroatoms. The molecule has 0 atom stereocenters. The molecule has 2 N–H and O–H groups in total. The van der Waals surface area contributed by atoms with Gasteiger partial charge < -0.3 is 4.98 Å². The highest BCUT2D eigenvalue weighted by molar-refractivity contribution is 6.03. The van der Waals surface area contributed by atoms with Crippen molar-refractivity contribution in [2.24, 2.45) is 0 Å². The molecule has 4 aromatic rings. The summed E-state index contributed by atoms with van der Waals surface area (Å²) in [5.74, 6) is 0. The van der Waals surface area contributed by atoms with Crippen LogP contribution in [-0.2, 0) is 0 Å². The van der Waals surface area contributed by atoms with Gasteiger partial charge in [0.15, 0.2) is 0 Å². The van der Waals surface area contributed by atoms with Crippen LogP contribution in [0.3, 0.4) is 0 Å². The molecule has 1 aromatic carbocycles. The molecule has 0 aliphatic heterocycles. The third kappa shape index (κ3) is 1.96. The summed E-state index contributed by atoms with van der Waals surface area (Å²) < 4.78 is 0. The molecular weight excluding hydrogens is 224 g/mol. The standard InChI is InChI=1S/C10H7N3.C4H5N/c1-2-7-3-4-9-8(6-12-13-9)10(7)11-5-1;1-2-4-5-3-1/h1-6H,(H,12,13);1-5H. The van der Waals surface area contributed by atoms with Crippen molar-refractivity contribution in [2.45, 2.75) is 0 Å². The number of aromatic amines is 2. The van der Waals surface area contributed by atoms with Crippen LogP contribution in [0.15, 0.2) is 61.2 Å². The molecule has 0 aliphatic rings. The Balaban J connectivity index is 0.000000169. The van der Waals surface area contributed by atoms with Crippen LogP contribution < -0.4 is 0 Å². The summed E-state index contributed by atoms with van der Waals surface area (Å²) in [4.78, 5) is 7.18. The zero-order valence-electron chi connectivity index (χ0n) is 9.67. The molecule has 0 spiro atoms. The van der Waals surface area contributed by atoms with E-state index in [-0.39, 0.29) is 0 Å². The van der Waals surface area contributed by atoms with E-state index in [0.717, 1.165) is 21.8 Å². The summed E-state index contributed by atoms with van der Waals surface area (Å²) in [5.41, 5.74) is 2.04. The van der Waals surface area contributed by atoms with E-state index in [0.29, 0.717) is 0 Å². The van der Waals surface area contributed by atoms with Gasteiger partial charge in [-0.2, -0.15) is 5.10 Å². The van der Waals surface area contributed by atoms with Crippen LogP contribution in [0.25, 0.3) is 21.8 Å². The van der Waals surface area contributed by atoms with Gasteiger partial charge in [0.1, 0.15) is 0 Å². The van der Waals surface area contributed by atoms with Gasteiger partial charge in [0.25, 0.3) is 0 Å². The Bertz CT molecular complexity index is 723. The second-order valence-corrected chi connectivity index (χ2v) is 3.86. The van der Waals surface area contributed by atoms with E-state index in [9.17, 15) is 0 Å². The number of nitrogens with one attached hydrogen (secondary N) is 2. The predicted molar refractivity (Wildman–Crippen MR) is 72.2 cm³/mol. The number of hydrogen-bond donors (Lipinski definition) is 2. The van der Waals surface area contributed by atoms with Gasteiger partial charge >= 0.3 is 0 Å². The average Bonchev–Trinajstić information content (AvgIpc) is 3.12. The van der Waals surface area contributed by atoms with Gasteiger partial charge in [-0.1, -0.05) is 12.1 Å². The smallest absolute Gasteiger partial charge is 0.0811 e. The Hall–Kier alpha value is -2.62. The van der Waals surface area contributed by atoms with Crippen molar-refractivity contribution in [3.8, 4) is 0 Å². The van der Waals surface area contributed by atoms with Gasteiger partial charge in [-0.05, 0) is 24.3 Å². The molecule has 3 heterocycles. The van der Waals surface area contributed by atoms with Crippen LogP contribution >= 0.6 is 0 Å². The number of pyridine rings is 1.